The number of nitrogens with two attached hydrogens (primary N) is 1. The van der Waals surface area contributed by atoms with Crippen molar-refractivity contribution in [2.24, 2.45) is 17.6 Å². The molecule has 0 aliphatic heterocycles. The monoisotopic (exact) mass is 350 g/mol. The van der Waals surface area contributed by atoms with Crippen LogP contribution in [-0.2, 0) is 0 Å². The lowest BCUT2D eigenvalue weighted by Crippen LogP contribution is -2.59. The van der Waals surface area contributed by atoms with Gasteiger partial charge in [0.25, 0.3) is 0 Å². The first kappa shape index (κ1) is 19.0. The maximum atomic E-state index is 6.84. The summed E-state index contributed by atoms with van der Waals surface area (Å²) in [6.07, 6.45) is 3.47. The molecule has 0 unspecified atom stereocenters. The number of aryl methyl sites for hydroxylation is 2. The summed E-state index contributed by atoms with van der Waals surface area (Å²) in [5.41, 5.74) is 11.8. The minimum atomic E-state index is -0.0735. The van der Waals surface area contributed by atoms with E-state index in [1.165, 1.54) is 28.9 Å². The van der Waals surface area contributed by atoms with Crippen LogP contribution in [0.15, 0.2) is 48.5 Å². The molecule has 1 saturated carbocycles. The maximum absolute atomic E-state index is 6.84. The van der Waals surface area contributed by atoms with Gasteiger partial charge in [-0.3, -0.25) is 0 Å². The molecular formula is C24H34N2. The molecule has 0 bridgehead atoms. The van der Waals surface area contributed by atoms with Gasteiger partial charge >= 0.3 is 0 Å². The molecule has 2 aromatic rings. The lowest BCUT2D eigenvalue weighted by molar-refractivity contribution is 0.178. The Morgan fingerprint density at radius 1 is 0.923 bits per heavy atom. The molecule has 2 heteroatoms. The van der Waals surface area contributed by atoms with Gasteiger partial charge in [-0.15, -0.1) is 0 Å². The molecule has 1 aliphatic rings. The van der Waals surface area contributed by atoms with Gasteiger partial charge in [0.05, 0.1) is 5.54 Å². The summed E-state index contributed by atoms with van der Waals surface area (Å²) in [5, 5.41) is 0. The van der Waals surface area contributed by atoms with Crippen LogP contribution in [0.5, 0.6) is 0 Å². The molecule has 2 aromatic carbocycles. The number of hydrogen-bond acceptors (Lipinski definition) is 2. The number of nitrogens with zero attached hydrogens (tertiary/aromatic N) is 1. The van der Waals surface area contributed by atoms with Crippen LogP contribution in [0.3, 0.4) is 0 Å². The number of hydrogen-bond donors (Lipinski definition) is 1. The third kappa shape index (κ3) is 3.66. The van der Waals surface area contributed by atoms with Crippen LogP contribution in [0.4, 0.5) is 11.4 Å². The van der Waals surface area contributed by atoms with Crippen molar-refractivity contribution >= 4 is 11.4 Å². The van der Waals surface area contributed by atoms with Gasteiger partial charge in [0, 0.05) is 17.4 Å². The van der Waals surface area contributed by atoms with Gasteiger partial charge in [0.1, 0.15) is 0 Å². The third-order valence-electron chi connectivity index (χ3n) is 6.41. The molecule has 1 aliphatic carbocycles. The van der Waals surface area contributed by atoms with Gasteiger partial charge in [-0.25, -0.2) is 0 Å². The Morgan fingerprint density at radius 3 is 1.77 bits per heavy atom. The van der Waals surface area contributed by atoms with Gasteiger partial charge in [-0.2, -0.15) is 0 Å². The summed E-state index contributed by atoms with van der Waals surface area (Å²) < 4.78 is 0. The molecule has 140 valence electrons. The van der Waals surface area contributed by atoms with Crippen LogP contribution >= 0.6 is 0 Å². The summed E-state index contributed by atoms with van der Waals surface area (Å²) in [6, 6.07) is 17.9. The van der Waals surface area contributed by atoms with E-state index in [0.29, 0.717) is 5.92 Å². The van der Waals surface area contributed by atoms with Gasteiger partial charge in [0.2, 0.25) is 0 Å². The Kier molecular flexibility index (Phi) is 5.43. The summed E-state index contributed by atoms with van der Waals surface area (Å²) in [4.78, 5) is 2.49. The lowest BCUT2D eigenvalue weighted by Gasteiger charge is -2.51. The predicted molar refractivity (Wildman–Crippen MR) is 113 cm³/mol. The topological polar surface area (TPSA) is 29.3 Å². The van der Waals surface area contributed by atoms with Crippen molar-refractivity contribution < 1.29 is 0 Å². The predicted octanol–water partition coefficient (Wildman–Crippen LogP) is 5.98. The smallest absolute Gasteiger partial charge is 0.0574 e. The minimum Gasteiger partial charge on any atom is -0.334 e. The van der Waals surface area contributed by atoms with E-state index < -0.39 is 0 Å². The fourth-order valence-corrected chi connectivity index (χ4v) is 4.37. The Bertz CT molecular complexity index is 671. The van der Waals surface area contributed by atoms with Crippen molar-refractivity contribution in [1.29, 1.82) is 0 Å². The average Bonchev–Trinajstić information content (AvgIpc) is 2.61. The molecule has 0 spiro atoms. The Balaban J connectivity index is 2.02. The summed E-state index contributed by atoms with van der Waals surface area (Å²) in [7, 11) is 0. The normalized spacial score (nSPS) is 26.1. The number of anilines is 2. The van der Waals surface area contributed by atoms with E-state index in [2.05, 4.69) is 88.0 Å². The van der Waals surface area contributed by atoms with Gasteiger partial charge in [-0.05, 0) is 76.1 Å². The molecule has 0 heterocycles. The number of benzene rings is 2. The van der Waals surface area contributed by atoms with Crippen LogP contribution in [0.25, 0.3) is 0 Å². The molecule has 26 heavy (non-hydrogen) atoms. The van der Waals surface area contributed by atoms with E-state index in [1.54, 1.807) is 0 Å². The Morgan fingerprint density at radius 2 is 1.38 bits per heavy atom. The zero-order valence-corrected chi connectivity index (χ0v) is 17.0. The quantitative estimate of drug-likeness (QED) is 0.734. The zero-order valence-electron chi connectivity index (χ0n) is 17.0. The molecule has 0 radical (unpaired) electrons. The lowest BCUT2D eigenvalue weighted by atomic mass is 9.69. The zero-order chi connectivity index (χ0) is 18.9. The fraction of sp³-hybridized carbons (Fsp3) is 0.500. The SMILES string of the molecule is Cc1ccc(N(c2ccc(C)cc2)[C@]2(C)CC[C@@H](C(C)C)C[C@H]2N)cc1. The molecule has 1 fully saturated rings. The minimum absolute atomic E-state index is 0.0735. The summed E-state index contributed by atoms with van der Waals surface area (Å²) >= 11 is 0. The van der Waals surface area contributed by atoms with Crippen molar-refractivity contribution in [3.63, 3.8) is 0 Å². The number of rotatable bonds is 4. The molecule has 0 aromatic heterocycles. The highest BCUT2D eigenvalue weighted by Crippen LogP contribution is 2.44. The molecule has 2 N–H and O–H groups in total. The van der Waals surface area contributed by atoms with E-state index in [1.807, 2.05) is 0 Å². The Labute approximate surface area is 159 Å². The van der Waals surface area contributed by atoms with Crippen LogP contribution in [0.1, 0.15) is 51.2 Å². The van der Waals surface area contributed by atoms with Gasteiger partial charge in [0.15, 0.2) is 0 Å². The second-order valence-corrected chi connectivity index (χ2v) is 8.75. The first-order valence-electron chi connectivity index (χ1n) is 10.0. The summed E-state index contributed by atoms with van der Waals surface area (Å²) in [5.74, 6) is 1.44. The molecular weight excluding hydrogens is 316 g/mol. The standard InChI is InChI=1S/C24H34N2/c1-17(2)20-14-15-24(5,23(25)16-20)26(21-10-6-18(3)7-11-21)22-12-8-19(4)9-13-22/h6-13,17,20,23H,14-16,25H2,1-5H3/t20-,23-,24-/m1/s1. The van der Waals surface area contributed by atoms with Crippen molar-refractivity contribution in [3.8, 4) is 0 Å². The highest BCUT2D eigenvalue weighted by Gasteiger charge is 2.43. The van der Waals surface area contributed by atoms with Crippen molar-refractivity contribution in [3.05, 3.63) is 59.7 Å². The van der Waals surface area contributed by atoms with E-state index in [9.17, 15) is 0 Å². The average molecular weight is 351 g/mol. The van der Waals surface area contributed by atoms with Crippen LogP contribution in [0.2, 0.25) is 0 Å². The Hall–Kier alpha value is -1.80. The third-order valence-corrected chi connectivity index (χ3v) is 6.41. The molecule has 2 nitrogen and oxygen atoms in total. The van der Waals surface area contributed by atoms with E-state index in [-0.39, 0.29) is 11.6 Å². The maximum Gasteiger partial charge on any atom is 0.0574 e. The molecule has 0 saturated heterocycles. The highest BCUT2D eigenvalue weighted by atomic mass is 15.2. The molecule has 0 amide bonds. The first-order chi connectivity index (χ1) is 12.3. The molecule has 3 atom stereocenters. The van der Waals surface area contributed by atoms with E-state index in [4.69, 9.17) is 5.73 Å². The van der Waals surface area contributed by atoms with Crippen LogP contribution in [0, 0.1) is 25.7 Å². The van der Waals surface area contributed by atoms with Crippen LogP contribution in [-0.4, -0.2) is 11.6 Å². The summed E-state index contributed by atoms with van der Waals surface area (Å²) in [6.45, 7) is 11.3. The highest BCUT2D eigenvalue weighted by molar-refractivity contribution is 5.66. The second-order valence-electron chi connectivity index (χ2n) is 8.75. The van der Waals surface area contributed by atoms with Crippen molar-refractivity contribution in [2.75, 3.05) is 4.90 Å². The molecule has 3 rings (SSSR count). The van der Waals surface area contributed by atoms with E-state index >= 15 is 0 Å². The van der Waals surface area contributed by atoms with Crippen molar-refractivity contribution in [1.82, 2.24) is 0 Å². The van der Waals surface area contributed by atoms with Crippen LogP contribution < -0.4 is 10.6 Å². The van der Waals surface area contributed by atoms with E-state index in [0.717, 1.165) is 18.8 Å². The first-order valence-corrected chi connectivity index (χ1v) is 10.0. The van der Waals surface area contributed by atoms with Gasteiger partial charge < -0.3 is 10.6 Å². The van der Waals surface area contributed by atoms with Crippen molar-refractivity contribution in [2.45, 2.75) is 65.5 Å². The van der Waals surface area contributed by atoms with Gasteiger partial charge in [-0.1, -0.05) is 49.2 Å². The largest absolute Gasteiger partial charge is 0.334 e. The fourth-order valence-electron chi connectivity index (χ4n) is 4.37. The second kappa shape index (κ2) is 7.44.